The second-order valence-electron chi connectivity index (χ2n) is 8.68. The minimum Gasteiger partial charge on any atom is -0.350 e. The van der Waals surface area contributed by atoms with Gasteiger partial charge in [-0.25, -0.2) is 4.39 Å². The number of hydrogen-bond acceptors (Lipinski definition) is 5. The van der Waals surface area contributed by atoms with Crippen LogP contribution < -0.4 is 10.6 Å². The number of carbonyl (C=O) groups excluding carboxylic acids is 2. The summed E-state index contributed by atoms with van der Waals surface area (Å²) in [7, 11) is 0. The first-order valence-corrected chi connectivity index (χ1v) is 11.4. The molecule has 0 radical (unpaired) electrons. The highest BCUT2D eigenvalue weighted by molar-refractivity contribution is 6.38. The molecule has 0 atom stereocenters. The van der Waals surface area contributed by atoms with Crippen molar-refractivity contribution in [2.45, 2.75) is 38.0 Å². The van der Waals surface area contributed by atoms with Crippen LogP contribution >= 0.6 is 11.6 Å². The SMILES string of the molecule is Cc1nc(-c2c(Cl)c3cc(F)ccc3n2-c2ccc(CNC(=O)C3(NC(=O)C(F)(F)F)CC3)cc2)no1. The zero-order valence-corrected chi connectivity index (χ0v) is 19.9. The van der Waals surface area contributed by atoms with Crippen molar-refractivity contribution in [3.63, 3.8) is 0 Å². The van der Waals surface area contributed by atoms with E-state index in [0.29, 0.717) is 33.7 Å². The van der Waals surface area contributed by atoms with E-state index in [9.17, 15) is 27.2 Å². The lowest BCUT2D eigenvalue weighted by molar-refractivity contribution is -0.175. The van der Waals surface area contributed by atoms with E-state index >= 15 is 0 Å². The highest BCUT2D eigenvalue weighted by Gasteiger charge is 2.54. The van der Waals surface area contributed by atoms with E-state index in [1.54, 1.807) is 47.1 Å². The van der Waals surface area contributed by atoms with Gasteiger partial charge in [0.2, 0.25) is 17.6 Å². The fourth-order valence-corrected chi connectivity index (χ4v) is 4.34. The van der Waals surface area contributed by atoms with E-state index in [2.05, 4.69) is 15.5 Å². The van der Waals surface area contributed by atoms with Gasteiger partial charge in [-0.05, 0) is 48.7 Å². The summed E-state index contributed by atoms with van der Waals surface area (Å²) >= 11 is 6.60. The molecule has 0 spiro atoms. The minimum atomic E-state index is -5.07. The largest absolute Gasteiger partial charge is 0.471 e. The molecule has 2 heterocycles. The Hall–Kier alpha value is -3.93. The molecule has 0 bridgehead atoms. The lowest BCUT2D eigenvalue weighted by atomic mass is 10.1. The molecule has 192 valence electrons. The molecule has 8 nitrogen and oxygen atoms in total. The van der Waals surface area contributed by atoms with Crippen LogP contribution in [0.15, 0.2) is 47.0 Å². The van der Waals surface area contributed by atoms with Gasteiger partial charge < -0.3 is 19.7 Å². The Morgan fingerprint density at radius 3 is 2.46 bits per heavy atom. The number of halogens is 5. The predicted octanol–water partition coefficient (Wildman–Crippen LogP) is 4.61. The molecule has 2 amide bonds. The normalized spacial score (nSPS) is 14.5. The van der Waals surface area contributed by atoms with Crippen LogP contribution in [0.25, 0.3) is 28.1 Å². The fraction of sp³-hybridized carbons (Fsp3) is 0.250. The van der Waals surface area contributed by atoms with Crippen molar-refractivity contribution < 1.29 is 31.7 Å². The third kappa shape index (κ3) is 4.64. The number of nitrogens with zero attached hydrogens (tertiary/aromatic N) is 3. The molecular formula is C24H18ClF4N5O3. The lowest BCUT2D eigenvalue weighted by Crippen LogP contribution is -2.52. The molecule has 1 aliphatic rings. The number of rotatable bonds is 6. The van der Waals surface area contributed by atoms with Crippen molar-refractivity contribution in [2.24, 2.45) is 0 Å². The monoisotopic (exact) mass is 535 g/mol. The maximum Gasteiger partial charge on any atom is 0.471 e. The van der Waals surface area contributed by atoms with E-state index in [1.165, 1.54) is 12.1 Å². The first-order chi connectivity index (χ1) is 17.5. The average Bonchev–Trinajstić information content (AvgIpc) is 3.42. The van der Waals surface area contributed by atoms with Crippen LogP contribution in [0, 0.1) is 12.7 Å². The molecule has 4 aromatic rings. The van der Waals surface area contributed by atoms with E-state index in [1.807, 2.05) is 0 Å². The Morgan fingerprint density at radius 1 is 1.16 bits per heavy atom. The number of alkyl halides is 3. The Kier molecular flexibility index (Phi) is 5.94. The van der Waals surface area contributed by atoms with Gasteiger partial charge in [-0.1, -0.05) is 28.9 Å². The van der Waals surface area contributed by atoms with Gasteiger partial charge in [0.15, 0.2) is 0 Å². The van der Waals surface area contributed by atoms with Crippen LogP contribution in [-0.2, 0) is 16.1 Å². The second-order valence-corrected chi connectivity index (χ2v) is 9.06. The molecule has 37 heavy (non-hydrogen) atoms. The van der Waals surface area contributed by atoms with Gasteiger partial charge in [0.1, 0.15) is 17.1 Å². The van der Waals surface area contributed by atoms with Crippen LogP contribution in [0.4, 0.5) is 17.6 Å². The smallest absolute Gasteiger partial charge is 0.350 e. The minimum absolute atomic E-state index is 0.0258. The maximum atomic E-state index is 14.0. The van der Waals surface area contributed by atoms with Crippen LogP contribution in [0.2, 0.25) is 5.02 Å². The molecule has 1 saturated carbocycles. The number of nitrogens with one attached hydrogen (secondary N) is 2. The van der Waals surface area contributed by atoms with Gasteiger partial charge in [0.25, 0.3) is 0 Å². The van der Waals surface area contributed by atoms with Gasteiger partial charge in [-0.3, -0.25) is 9.59 Å². The first-order valence-electron chi connectivity index (χ1n) is 11.1. The Bertz CT molecular complexity index is 1520. The molecule has 0 unspecified atom stereocenters. The number of aryl methyl sites for hydroxylation is 1. The summed E-state index contributed by atoms with van der Waals surface area (Å²) in [6.07, 6.45) is -4.82. The van der Waals surface area contributed by atoms with Crippen LogP contribution in [0.3, 0.4) is 0 Å². The number of benzene rings is 2. The summed E-state index contributed by atoms with van der Waals surface area (Å²) in [5.41, 5.74) is 0.741. The maximum absolute atomic E-state index is 14.0. The number of aromatic nitrogens is 3. The zero-order valence-electron chi connectivity index (χ0n) is 19.1. The van der Waals surface area contributed by atoms with Crippen LogP contribution in [-0.4, -0.2) is 38.2 Å². The van der Waals surface area contributed by atoms with Gasteiger partial charge in [-0.2, -0.15) is 18.2 Å². The third-order valence-corrected chi connectivity index (χ3v) is 6.43. The van der Waals surface area contributed by atoms with Crippen molar-refractivity contribution in [1.29, 1.82) is 0 Å². The molecular weight excluding hydrogens is 518 g/mol. The molecule has 0 saturated heterocycles. The number of fused-ring (bicyclic) bond motifs is 1. The highest BCUT2D eigenvalue weighted by Crippen LogP contribution is 2.39. The topological polar surface area (TPSA) is 102 Å². The van der Waals surface area contributed by atoms with Crippen LogP contribution in [0.1, 0.15) is 24.3 Å². The van der Waals surface area contributed by atoms with E-state index < -0.39 is 29.3 Å². The zero-order chi connectivity index (χ0) is 26.5. The summed E-state index contributed by atoms with van der Waals surface area (Å²) in [4.78, 5) is 28.0. The van der Waals surface area contributed by atoms with Crippen LogP contribution in [0.5, 0.6) is 0 Å². The molecule has 2 N–H and O–H groups in total. The van der Waals surface area contributed by atoms with Gasteiger partial charge in [0, 0.05) is 24.5 Å². The molecule has 0 aliphatic heterocycles. The second kappa shape index (κ2) is 8.87. The molecule has 5 rings (SSSR count). The van der Waals surface area contributed by atoms with Gasteiger partial charge in [-0.15, -0.1) is 0 Å². The summed E-state index contributed by atoms with van der Waals surface area (Å²) in [5, 5.41) is 8.99. The Labute approximate surface area is 211 Å². The molecule has 2 aromatic heterocycles. The summed E-state index contributed by atoms with van der Waals surface area (Å²) in [5.74, 6) is -2.76. The van der Waals surface area contributed by atoms with Crippen molar-refractivity contribution in [1.82, 2.24) is 25.3 Å². The summed E-state index contributed by atoms with van der Waals surface area (Å²) in [6, 6.07) is 11.1. The average molecular weight is 536 g/mol. The summed E-state index contributed by atoms with van der Waals surface area (Å²) in [6.45, 7) is 1.65. The van der Waals surface area contributed by atoms with Crippen molar-refractivity contribution in [3.8, 4) is 17.2 Å². The first kappa shape index (κ1) is 24.8. The van der Waals surface area contributed by atoms with E-state index in [4.69, 9.17) is 16.1 Å². The third-order valence-electron chi connectivity index (χ3n) is 6.05. The summed E-state index contributed by atoms with van der Waals surface area (Å²) < 4.78 is 58.5. The molecule has 1 aliphatic carbocycles. The lowest BCUT2D eigenvalue weighted by Gasteiger charge is -2.18. The van der Waals surface area contributed by atoms with Gasteiger partial charge >= 0.3 is 12.1 Å². The van der Waals surface area contributed by atoms with E-state index in [0.717, 1.165) is 0 Å². The molecule has 2 aromatic carbocycles. The highest BCUT2D eigenvalue weighted by atomic mass is 35.5. The molecule has 13 heteroatoms. The number of carbonyl (C=O) groups is 2. The quantitative estimate of drug-likeness (QED) is 0.351. The molecule has 1 fully saturated rings. The van der Waals surface area contributed by atoms with Crippen molar-refractivity contribution >= 4 is 34.3 Å². The van der Waals surface area contributed by atoms with Gasteiger partial charge in [0.05, 0.1) is 10.5 Å². The van der Waals surface area contributed by atoms with Crippen molar-refractivity contribution in [2.75, 3.05) is 0 Å². The van der Waals surface area contributed by atoms with E-state index in [-0.39, 0.29) is 30.2 Å². The van der Waals surface area contributed by atoms with Crippen molar-refractivity contribution in [3.05, 3.63) is 64.8 Å². The number of hydrogen-bond donors (Lipinski definition) is 2. The number of amides is 2. The predicted molar refractivity (Wildman–Crippen MR) is 124 cm³/mol. The fourth-order valence-electron chi connectivity index (χ4n) is 4.02. The Balaban J connectivity index is 1.39. The Morgan fingerprint density at radius 2 is 1.86 bits per heavy atom. The standard InChI is InChI=1S/C24H18ClF4N5O3/c1-12-31-20(33-37-12)19-18(25)16-10-14(26)4-7-17(16)34(19)15-5-2-13(3-6-15)11-30-21(35)23(8-9-23)32-22(36)24(27,28)29/h2-7,10H,8-9,11H2,1H3,(H,30,35)(H,32,36).